The van der Waals surface area contributed by atoms with Crippen molar-refractivity contribution in [2.75, 3.05) is 20.7 Å². The van der Waals surface area contributed by atoms with Crippen LogP contribution < -0.4 is 5.32 Å². The lowest BCUT2D eigenvalue weighted by Gasteiger charge is -2.27. The van der Waals surface area contributed by atoms with Gasteiger partial charge in [-0.15, -0.1) is 0 Å². The van der Waals surface area contributed by atoms with Gasteiger partial charge in [0.1, 0.15) is 6.04 Å². The Hall–Kier alpha value is -0.610. The number of nitrogens with zero attached hydrogens (tertiary/aromatic N) is 1. The van der Waals surface area contributed by atoms with Gasteiger partial charge in [-0.25, -0.2) is 0 Å². The number of hydrogen-bond donors (Lipinski definition) is 1. The quantitative estimate of drug-likeness (QED) is 0.669. The van der Waals surface area contributed by atoms with Gasteiger partial charge in [-0.2, -0.15) is 0 Å². The molecule has 0 aliphatic rings. The number of esters is 1. The average Bonchev–Trinajstić information content (AvgIpc) is 2.14. The van der Waals surface area contributed by atoms with E-state index in [1.807, 2.05) is 20.9 Å². The fourth-order valence-corrected chi connectivity index (χ4v) is 1.24. The predicted octanol–water partition coefficient (Wildman–Crippen LogP) is 0.866. The fourth-order valence-electron chi connectivity index (χ4n) is 1.24. The zero-order valence-electron chi connectivity index (χ0n) is 10.7. The number of carbonyl (C=O) groups excluding carboxylic acids is 1. The Kier molecular flexibility index (Phi) is 6.52. The van der Waals surface area contributed by atoms with Crippen LogP contribution in [-0.2, 0) is 9.53 Å². The molecule has 0 spiro atoms. The first-order chi connectivity index (χ1) is 6.88. The fraction of sp³-hybridized carbons (Fsp3) is 0.909. The molecule has 90 valence electrons. The van der Waals surface area contributed by atoms with Gasteiger partial charge in [0, 0.05) is 18.6 Å². The lowest BCUT2D eigenvalue weighted by atomic mass is 10.2. The first-order valence-corrected chi connectivity index (χ1v) is 5.42. The molecule has 4 heteroatoms. The smallest absolute Gasteiger partial charge is 0.324 e. The maximum Gasteiger partial charge on any atom is 0.324 e. The van der Waals surface area contributed by atoms with Crippen LogP contribution in [0.5, 0.6) is 0 Å². The Morgan fingerprint density at radius 2 is 1.87 bits per heavy atom. The molecular weight excluding hydrogens is 192 g/mol. The largest absolute Gasteiger partial charge is 0.468 e. The molecular formula is C11H24N2O2. The Labute approximate surface area is 93.0 Å². The van der Waals surface area contributed by atoms with Gasteiger partial charge < -0.3 is 15.0 Å². The predicted molar refractivity (Wildman–Crippen MR) is 61.8 cm³/mol. The Morgan fingerprint density at radius 1 is 1.33 bits per heavy atom. The highest BCUT2D eigenvalue weighted by atomic mass is 16.5. The van der Waals surface area contributed by atoms with Gasteiger partial charge in [-0.1, -0.05) is 13.8 Å². The van der Waals surface area contributed by atoms with Crippen LogP contribution in [0.15, 0.2) is 0 Å². The lowest BCUT2D eigenvalue weighted by Crippen LogP contribution is -2.49. The molecule has 0 radical (unpaired) electrons. The van der Waals surface area contributed by atoms with E-state index in [2.05, 4.69) is 24.1 Å². The SMILES string of the molecule is COC(=O)C(CN(C)C(C)C)NC(C)C. The molecule has 4 nitrogen and oxygen atoms in total. The summed E-state index contributed by atoms with van der Waals surface area (Å²) in [5, 5.41) is 3.20. The van der Waals surface area contributed by atoms with Crippen LogP contribution in [0.3, 0.4) is 0 Å². The maximum absolute atomic E-state index is 11.5. The van der Waals surface area contributed by atoms with E-state index in [1.165, 1.54) is 7.11 Å². The van der Waals surface area contributed by atoms with E-state index >= 15 is 0 Å². The Morgan fingerprint density at radius 3 is 2.20 bits per heavy atom. The summed E-state index contributed by atoms with van der Waals surface area (Å²) < 4.78 is 4.77. The van der Waals surface area contributed by atoms with Crippen LogP contribution in [0, 0.1) is 0 Å². The molecule has 0 saturated heterocycles. The van der Waals surface area contributed by atoms with Crippen LogP contribution in [-0.4, -0.2) is 49.7 Å². The second kappa shape index (κ2) is 6.80. The summed E-state index contributed by atoms with van der Waals surface area (Å²) in [4.78, 5) is 13.6. The summed E-state index contributed by atoms with van der Waals surface area (Å²) in [7, 11) is 3.43. The molecule has 0 aromatic heterocycles. The second-order valence-electron chi connectivity index (χ2n) is 4.43. The molecule has 0 amide bonds. The zero-order chi connectivity index (χ0) is 12.0. The van der Waals surface area contributed by atoms with Crippen LogP contribution in [0.4, 0.5) is 0 Å². The van der Waals surface area contributed by atoms with E-state index in [0.29, 0.717) is 12.6 Å². The summed E-state index contributed by atoms with van der Waals surface area (Å²) >= 11 is 0. The number of nitrogens with one attached hydrogen (secondary N) is 1. The lowest BCUT2D eigenvalue weighted by molar-refractivity contribution is -0.143. The molecule has 0 heterocycles. The minimum atomic E-state index is -0.248. The van der Waals surface area contributed by atoms with Gasteiger partial charge in [0.05, 0.1) is 7.11 Å². The van der Waals surface area contributed by atoms with E-state index in [4.69, 9.17) is 4.74 Å². The van der Waals surface area contributed by atoms with E-state index in [1.54, 1.807) is 0 Å². The van der Waals surface area contributed by atoms with Gasteiger partial charge in [0.15, 0.2) is 0 Å². The molecule has 15 heavy (non-hydrogen) atoms. The third-order valence-corrected chi connectivity index (χ3v) is 2.37. The number of carbonyl (C=O) groups is 1. The van der Waals surface area contributed by atoms with E-state index < -0.39 is 0 Å². The van der Waals surface area contributed by atoms with Gasteiger partial charge in [-0.05, 0) is 20.9 Å². The maximum atomic E-state index is 11.5. The van der Waals surface area contributed by atoms with Crippen LogP contribution in [0.1, 0.15) is 27.7 Å². The molecule has 0 saturated carbocycles. The third-order valence-electron chi connectivity index (χ3n) is 2.37. The average molecular weight is 216 g/mol. The molecule has 0 rings (SSSR count). The Balaban J connectivity index is 4.30. The van der Waals surface area contributed by atoms with Gasteiger partial charge in [-0.3, -0.25) is 4.79 Å². The number of likely N-dealkylation sites (N-methyl/N-ethyl adjacent to an activating group) is 1. The summed E-state index contributed by atoms with van der Waals surface area (Å²) in [6.45, 7) is 8.91. The van der Waals surface area contributed by atoms with Gasteiger partial charge >= 0.3 is 5.97 Å². The molecule has 1 atom stereocenters. The summed E-state index contributed by atoms with van der Waals surface area (Å²) in [6, 6.07) is 0.447. The number of ether oxygens (including phenoxy) is 1. The molecule has 0 aliphatic carbocycles. The van der Waals surface area contributed by atoms with E-state index in [9.17, 15) is 4.79 Å². The third kappa shape index (κ3) is 5.74. The molecule has 0 aliphatic heterocycles. The van der Waals surface area contributed by atoms with Crippen LogP contribution in [0.2, 0.25) is 0 Å². The van der Waals surface area contributed by atoms with Crippen molar-refractivity contribution in [2.24, 2.45) is 0 Å². The molecule has 0 aromatic carbocycles. The van der Waals surface area contributed by atoms with E-state index in [0.717, 1.165) is 0 Å². The Bertz CT molecular complexity index is 193. The molecule has 0 bridgehead atoms. The van der Waals surface area contributed by atoms with Crippen molar-refractivity contribution in [2.45, 2.75) is 45.8 Å². The van der Waals surface area contributed by atoms with Gasteiger partial charge in [0.2, 0.25) is 0 Å². The minimum absolute atomic E-state index is 0.198. The van der Waals surface area contributed by atoms with Gasteiger partial charge in [0.25, 0.3) is 0 Å². The minimum Gasteiger partial charge on any atom is -0.468 e. The van der Waals surface area contributed by atoms with Crippen molar-refractivity contribution < 1.29 is 9.53 Å². The van der Waals surface area contributed by atoms with Crippen molar-refractivity contribution in [1.29, 1.82) is 0 Å². The van der Waals surface area contributed by atoms with Crippen molar-refractivity contribution in [3.8, 4) is 0 Å². The molecule has 1 unspecified atom stereocenters. The highest BCUT2D eigenvalue weighted by Gasteiger charge is 2.22. The first kappa shape index (κ1) is 14.4. The van der Waals surface area contributed by atoms with Crippen molar-refractivity contribution in [3.05, 3.63) is 0 Å². The van der Waals surface area contributed by atoms with Crippen LogP contribution >= 0.6 is 0 Å². The molecule has 0 aromatic rings. The summed E-state index contributed by atoms with van der Waals surface area (Å²) in [6.07, 6.45) is 0. The number of hydrogen-bond acceptors (Lipinski definition) is 4. The standard InChI is InChI=1S/C11H24N2O2/c1-8(2)12-10(11(14)15-6)7-13(5)9(3)4/h8-10,12H,7H2,1-6H3. The first-order valence-electron chi connectivity index (χ1n) is 5.42. The van der Waals surface area contributed by atoms with Crippen molar-refractivity contribution >= 4 is 5.97 Å². The zero-order valence-corrected chi connectivity index (χ0v) is 10.7. The summed E-state index contributed by atoms with van der Waals surface area (Å²) in [5.74, 6) is -0.198. The monoisotopic (exact) mass is 216 g/mol. The topological polar surface area (TPSA) is 41.6 Å². The second-order valence-corrected chi connectivity index (χ2v) is 4.43. The van der Waals surface area contributed by atoms with Crippen molar-refractivity contribution in [1.82, 2.24) is 10.2 Å². The molecule has 1 N–H and O–H groups in total. The van der Waals surface area contributed by atoms with E-state index in [-0.39, 0.29) is 18.1 Å². The highest BCUT2D eigenvalue weighted by molar-refractivity contribution is 5.75. The highest BCUT2D eigenvalue weighted by Crippen LogP contribution is 1.99. The number of methoxy groups -OCH3 is 1. The molecule has 0 fully saturated rings. The van der Waals surface area contributed by atoms with Crippen molar-refractivity contribution in [3.63, 3.8) is 0 Å². The normalized spacial score (nSPS) is 13.7. The van der Waals surface area contributed by atoms with Crippen LogP contribution in [0.25, 0.3) is 0 Å². The number of rotatable bonds is 6. The summed E-state index contributed by atoms with van der Waals surface area (Å²) in [5.41, 5.74) is 0.